The summed E-state index contributed by atoms with van der Waals surface area (Å²) in [6.07, 6.45) is 3.08. The summed E-state index contributed by atoms with van der Waals surface area (Å²) in [4.78, 5) is 19.8. The van der Waals surface area contributed by atoms with E-state index in [0.717, 1.165) is 37.3 Å². The second-order valence-corrected chi connectivity index (χ2v) is 8.76. The Morgan fingerprint density at radius 2 is 2.04 bits per heavy atom. The maximum atomic E-state index is 12.3. The molecule has 0 bridgehead atoms. The van der Waals surface area contributed by atoms with Gasteiger partial charge in [0.05, 0.1) is 24.3 Å². The van der Waals surface area contributed by atoms with Crippen LogP contribution in [0.5, 0.6) is 0 Å². The van der Waals surface area contributed by atoms with E-state index in [1.807, 2.05) is 0 Å². The van der Waals surface area contributed by atoms with Crippen molar-refractivity contribution in [3.63, 3.8) is 0 Å². The molecule has 4 heterocycles. The normalized spacial score (nSPS) is 20.8. The molecule has 1 atom stereocenters. The Balaban J connectivity index is 1.71. The molecule has 2 aromatic heterocycles. The summed E-state index contributed by atoms with van der Waals surface area (Å²) >= 11 is -0.139. The molecule has 2 fully saturated rings. The Bertz CT molecular complexity index is 854. The zero-order valence-electron chi connectivity index (χ0n) is 14.3. The highest BCUT2D eigenvalue weighted by atomic mass is 32.2. The number of hydrogen-bond acceptors (Lipinski definition) is 8. The lowest BCUT2D eigenvalue weighted by molar-refractivity contribution is -0.169. The molecule has 1 amide bonds. The summed E-state index contributed by atoms with van der Waals surface area (Å²) in [5.41, 5.74) is 11.7. The van der Waals surface area contributed by atoms with Gasteiger partial charge in [-0.1, -0.05) is 0 Å². The van der Waals surface area contributed by atoms with Crippen LogP contribution in [0.3, 0.4) is 0 Å². The molecule has 8 nitrogen and oxygen atoms in total. The maximum Gasteiger partial charge on any atom is 0.260 e. The first-order valence-electron chi connectivity index (χ1n) is 8.29. The highest BCUT2D eigenvalue weighted by molar-refractivity contribution is 7.91. The number of primary amides is 1. The van der Waals surface area contributed by atoms with Crippen LogP contribution in [0.1, 0.15) is 22.5 Å². The topological polar surface area (TPSA) is 127 Å². The number of amides is 1. The summed E-state index contributed by atoms with van der Waals surface area (Å²) in [7, 11) is 0. The Hall–Kier alpha value is -1.59. The molecule has 1 unspecified atom stereocenters. The zero-order valence-corrected chi connectivity index (χ0v) is 16.0. The number of aromatic nitrogens is 1. The number of nitrogens with zero attached hydrogens (tertiary/aromatic N) is 2. The van der Waals surface area contributed by atoms with Crippen LogP contribution >= 0.6 is 11.3 Å². The van der Waals surface area contributed by atoms with Crippen molar-refractivity contribution in [2.75, 3.05) is 43.2 Å². The molecular formula is C16H20N4O4S2. The van der Waals surface area contributed by atoms with Crippen molar-refractivity contribution in [1.29, 1.82) is 0 Å². The van der Waals surface area contributed by atoms with Gasteiger partial charge in [0.15, 0.2) is 10.7 Å². The molecule has 0 saturated carbocycles. The lowest BCUT2D eigenvalue weighted by Crippen LogP contribution is -2.45. The summed E-state index contributed by atoms with van der Waals surface area (Å²) in [5, 5.41) is 0.560. The molecule has 0 aromatic carbocycles. The average Bonchev–Trinajstić information content (AvgIpc) is 3.20. The number of carbonyl (C=O) groups excluding carboxylic acids is 1. The lowest BCUT2D eigenvalue weighted by Gasteiger charge is -2.38. The largest absolute Gasteiger partial charge is 0.612 e. The first-order valence-corrected chi connectivity index (χ1v) is 10.7. The number of carbonyl (C=O) groups is 1. The van der Waals surface area contributed by atoms with E-state index in [4.69, 9.17) is 20.9 Å². The Morgan fingerprint density at radius 3 is 2.62 bits per heavy atom. The van der Waals surface area contributed by atoms with E-state index >= 15 is 0 Å². The van der Waals surface area contributed by atoms with E-state index < -0.39 is 22.9 Å². The number of nitrogen functional groups attached to an aromatic ring is 1. The molecule has 0 radical (unpaired) electrons. The van der Waals surface area contributed by atoms with Gasteiger partial charge in [-0.2, -0.15) is 0 Å². The Labute approximate surface area is 157 Å². The monoisotopic (exact) mass is 396 g/mol. The van der Waals surface area contributed by atoms with Crippen molar-refractivity contribution >= 4 is 50.1 Å². The number of anilines is 2. The van der Waals surface area contributed by atoms with Gasteiger partial charge in [0, 0.05) is 32.0 Å². The van der Waals surface area contributed by atoms with E-state index in [2.05, 4.69) is 9.88 Å². The van der Waals surface area contributed by atoms with Crippen molar-refractivity contribution in [1.82, 2.24) is 4.98 Å². The van der Waals surface area contributed by atoms with Crippen LogP contribution in [0.2, 0.25) is 0 Å². The van der Waals surface area contributed by atoms with E-state index in [-0.39, 0.29) is 10.6 Å². The molecule has 4 N–H and O–H groups in total. The van der Waals surface area contributed by atoms with Crippen LogP contribution in [0.25, 0.3) is 10.2 Å². The molecule has 10 heteroatoms. The van der Waals surface area contributed by atoms with Crippen molar-refractivity contribution in [3.8, 4) is 0 Å². The number of nitrogens with two attached hydrogens (primary N) is 2. The molecule has 140 valence electrons. The van der Waals surface area contributed by atoms with Gasteiger partial charge in [0.2, 0.25) is 0 Å². The van der Waals surface area contributed by atoms with Crippen LogP contribution < -0.4 is 16.4 Å². The minimum atomic E-state index is -1.28. The Kier molecular flexibility index (Phi) is 4.48. The van der Waals surface area contributed by atoms with E-state index in [0.29, 0.717) is 34.1 Å². The first-order chi connectivity index (χ1) is 12.4. The third-order valence-electron chi connectivity index (χ3n) is 4.85. The van der Waals surface area contributed by atoms with Crippen molar-refractivity contribution in [3.05, 3.63) is 10.9 Å². The van der Waals surface area contributed by atoms with Gasteiger partial charge in [-0.3, -0.25) is 4.79 Å². The van der Waals surface area contributed by atoms with Gasteiger partial charge < -0.3 is 30.4 Å². The van der Waals surface area contributed by atoms with Crippen LogP contribution in [-0.2, 0) is 20.6 Å². The minimum absolute atomic E-state index is 0.252. The van der Waals surface area contributed by atoms with Crippen molar-refractivity contribution in [2.24, 2.45) is 5.73 Å². The van der Waals surface area contributed by atoms with E-state index in [1.54, 1.807) is 12.3 Å². The molecule has 2 aromatic rings. The summed E-state index contributed by atoms with van der Waals surface area (Å²) in [6.45, 7) is 2.71. The van der Waals surface area contributed by atoms with Crippen LogP contribution in [0.4, 0.5) is 11.5 Å². The van der Waals surface area contributed by atoms with Gasteiger partial charge in [-0.05, 0) is 11.2 Å². The smallest absolute Gasteiger partial charge is 0.260 e. The number of pyridine rings is 1. The van der Waals surface area contributed by atoms with Crippen LogP contribution in [-0.4, -0.2) is 53.8 Å². The molecule has 2 aliphatic heterocycles. The van der Waals surface area contributed by atoms with Crippen molar-refractivity contribution < 1.29 is 18.8 Å². The predicted octanol–water partition coefficient (Wildman–Crippen LogP) is 1.06. The number of hydrogen-bond donors (Lipinski definition) is 2. The van der Waals surface area contributed by atoms with Gasteiger partial charge in [0.1, 0.15) is 21.8 Å². The molecule has 1 spiro atoms. The van der Waals surface area contributed by atoms with Gasteiger partial charge in [-0.15, -0.1) is 11.3 Å². The molecular weight excluding hydrogens is 376 g/mol. The van der Waals surface area contributed by atoms with Gasteiger partial charge in [0.25, 0.3) is 5.91 Å². The highest BCUT2D eigenvalue weighted by Crippen LogP contribution is 2.39. The third kappa shape index (κ3) is 2.91. The van der Waals surface area contributed by atoms with E-state index in [9.17, 15) is 9.35 Å². The first kappa shape index (κ1) is 17.8. The fourth-order valence-electron chi connectivity index (χ4n) is 3.51. The van der Waals surface area contributed by atoms with E-state index in [1.165, 1.54) is 0 Å². The fraction of sp³-hybridized carbons (Fsp3) is 0.500. The Morgan fingerprint density at radius 1 is 1.38 bits per heavy atom. The number of fused-ring (bicyclic) bond motifs is 1. The highest BCUT2D eigenvalue weighted by Gasteiger charge is 2.40. The number of rotatable bonds is 3. The standard InChI is InChI=1S/C16H20N4O4S2/c1-26(22)9-8-10(19-15-11(9)12(17)13(25-15)14(18)21)20-4-2-16(3-5-20)23-6-7-24-16/h8H,2-7,17H2,1H3,(H2,18,21). The SMILES string of the molecule is C[S+]([O-])c1cc(N2CCC3(CC2)OCCO3)nc2sc(C(N)=O)c(N)c12. The van der Waals surface area contributed by atoms with Crippen LogP contribution in [0, 0.1) is 0 Å². The van der Waals surface area contributed by atoms with Crippen LogP contribution in [0.15, 0.2) is 11.0 Å². The number of thiophene rings is 1. The zero-order chi connectivity index (χ0) is 18.5. The summed E-state index contributed by atoms with van der Waals surface area (Å²) in [5.74, 6) is -0.355. The summed E-state index contributed by atoms with van der Waals surface area (Å²) < 4.78 is 23.8. The number of piperidine rings is 1. The lowest BCUT2D eigenvalue weighted by atomic mass is 10.0. The summed E-state index contributed by atoms with van der Waals surface area (Å²) in [6, 6.07) is 1.79. The maximum absolute atomic E-state index is 12.3. The molecule has 2 saturated heterocycles. The molecule has 4 rings (SSSR count). The second-order valence-electron chi connectivity index (χ2n) is 6.42. The molecule has 0 aliphatic carbocycles. The minimum Gasteiger partial charge on any atom is -0.612 e. The van der Waals surface area contributed by atoms with Crippen molar-refractivity contribution in [2.45, 2.75) is 23.5 Å². The quantitative estimate of drug-likeness (QED) is 0.743. The molecule has 26 heavy (non-hydrogen) atoms. The van der Waals surface area contributed by atoms with Gasteiger partial charge >= 0.3 is 0 Å². The predicted molar refractivity (Wildman–Crippen MR) is 101 cm³/mol. The second kappa shape index (κ2) is 6.54. The fourth-order valence-corrected chi connectivity index (χ4v) is 5.31. The third-order valence-corrected chi connectivity index (χ3v) is 6.90. The average molecular weight is 396 g/mol. The van der Waals surface area contributed by atoms with Gasteiger partial charge in [-0.25, -0.2) is 4.98 Å². The molecule has 2 aliphatic rings. The number of ether oxygens (including phenoxy) is 2.